The van der Waals surface area contributed by atoms with Crippen LogP contribution in [0.3, 0.4) is 0 Å². The van der Waals surface area contributed by atoms with Gasteiger partial charge in [0, 0.05) is 5.56 Å². The number of hydrogen-bond acceptors (Lipinski definition) is 6. The number of phenols is 3. The number of para-hydroxylation sites is 1. The van der Waals surface area contributed by atoms with Crippen molar-refractivity contribution in [2.75, 3.05) is 6.61 Å². The van der Waals surface area contributed by atoms with Crippen LogP contribution in [0.1, 0.15) is 55.8 Å². The van der Waals surface area contributed by atoms with E-state index in [2.05, 4.69) is 6.92 Å². The molecule has 0 atom stereocenters. The summed E-state index contributed by atoms with van der Waals surface area (Å²) in [6.07, 6.45) is 7.27. The summed E-state index contributed by atoms with van der Waals surface area (Å²) in [5.41, 5.74) is 1.47. The minimum absolute atomic E-state index is 0.0870. The minimum Gasteiger partial charge on any atom is -0.504 e. The number of carbonyl (C=O) groups excluding carboxylic acids is 1. The number of rotatable bonds is 11. The Morgan fingerprint density at radius 2 is 1.45 bits per heavy atom. The first-order valence-electron chi connectivity index (χ1n) is 11.3. The van der Waals surface area contributed by atoms with E-state index in [1.807, 2.05) is 36.4 Å². The van der Waals surface area contributed by atoms with Crippen LogP contribution in [0.25, 0.3) is 11.1 Å². The average molecular weight is 451 g/mol. The van der Waals surface area contributed by atoms with Crippen LogP contribution in [0, 0.1) is 0 Å². The van der Waals surface area contributed by atoms with E-state index in [4.69, 9.17) is 9.47 Å². The van der Waals surface area contributed by atoms with Gasteiger partial charge in [-0.25, -0.2) is 4.79 Å². The molecule has 0 spiro atoms. The van der Waals surface area contributed by atoms with Gasteiger partial charge in [0.25, 0.3) is 0 Å². The van der Waals surface area contributed by atoms with Crippen molar-refractivity contribution < 1.29 is 29.6 Å². The van der Waals surface area contributed by atoms with E-state index in [0.29, 0.717) is 17.9 Å². The second-order valence-corrected chi connectivity index (χ2v) is 7.89. The van der Waals surface area contributed by atoms with E-state index in [9.17, 15) is 20.1 Å². The lowest BCUT2D eigenvalue weighted by Gasteiger charge is -2.12. The highest BCUT2D eigenvalue weighted by molar-refractivity contribution is 5.93. The summed E-state index contributed by atoms with van der Waals surface area (Å²) in [6.45, 7) is 2.90. The van der Waals surface area contributed by atoms with Gasteiger partial charge in [0.15, 0.2) is 17.2 Å². The zero-order chi connectivity index (χ0) is 23.6. The Kier molecular flexibility index (Phi) is 8.58. The first-order chi connectivity index (χ1) is 16.0. The van der Waals surface area contributed by atoms with Crippen molar-refractivity contribution in [3.8, 4) is 39.9 Å². The second-order valence-electron chi connectivity index (χ2n) is 7.89. The van der Waals surface area contributed by atoms with Crippen LogP contribution >= 0.6 is 0 Å². The van der Waals surface area contributed by atoms with Gasteiger partial charge < -0.3 is 24.8 Å². The fourth-order valence-electron chi connectivity index (χ4n) is 3.48. The maximum atomic E-state index is 12.6. The SMILES string of the molecule is CCCCCCCCOc1ccc(-c2ccccc2OC(=O)c2cc(O)c(O)c(O)c2)cc1. The van der Waals surface area contributed by atoms with E-state index in [-0.39, 0.29) is 5.56 Å². The molecule has 0 saturated carbocycles. The molecule has 0 unspecified atom stereocenters. The van der Waals surface area contributed by atoms with E-state index >= 15 is 0 Å². The van der Waals surface area contributed by atoms with Gasteiger partial charge in [0.2, 0.25) is 0 Å². The second kappa shape index (κ2) is 11.8. The number of carbonyl (C=O) groups is 1. The van der Waals surface area contributed by atoms with Gasteiger partial charge in [-0.2, -0.15) is 0 Å². The fourth-order valence-corrected chi connectivity index (χ4v) is 3.48. The van der Waals surface area contributed by atoms with E-state index in [1.165, 1.54) is 32.1 Å². The van der Waals surface area contributed by atoms with Gasteiger partial charge in [-0.15, -0.1) is 0 Å². The Hall–Kier alpha value is -3.67. The van der Waals surface area contributed by atoms with Crippen molar-refractivity contribution in [1.82, 2.24) is 0 Å². The van der Waals surface area contributed by atoms with Crippen LogP contribution in [0.2, 0.25) is 0 Å². The average Bonchev–Trinajstić information content (AvgIpc) is 2.82. The van der Waals surface area contributed by atoms with E-state index in [1.54, 1.807) is 12.1 Å². The zero-order valence-corrected chi connectivity index (χ0v) is 18.8. The molecule has 33 heavy (non-hydrogen) atoms. The Balaban J connectivity index is 1.63. The molecule has 3 aromatic carbocycles. The third kappa shape index (κ3) is 6.65. The predicted octanol–water partition coefficient (Wildman–Crippen LogP) is 6.43. The molecule has 0 saturated heterocycles. The summed E-state index contributed by atoms with van der Waals surface area (Å²) in [5, 5.41) is 28.8. The molecule has 0 aliphatic rings. The Morgan fingerprint density at radius 1 is 0.818 bits per heavy atom. The highest BCUT2D eigenvalue weighted by Crippen LogP contribution is 2.36. The molecule has 174 valence electrons. The maximum absolute atomic E-state index is 12.6. The summed E-state index contributed by atoms with van der Waals surface area (Å²) < 4.78 is 11.3. The molecule has 0 heterocycles. The predicted molar refractivity (Wildman–Crippen MR) is 127 cm³/mol. The lowest BCUT2D eigenvalue weighted by Crippen LogP contribution is -2.09. The standard InChI is InChI=1S/C27H30O6/c1-2-3-4-5-6-9-16-32-21-14-12-19(13-15-21)22-10-7-8-11-25(22)33-27(31)20-17-23(28)26(30)24(29)18-20/h7-8,10-15,17-18,28-30H,2-6,9,16H2,1H3. The monoisotopic (exact) mass is 450 g/mol. The molecule has 0 aliphatic heterocycles. The van der Waals surface area contributed by atoms with Crippen LogP contribution in [0.15, 0.2) is 60.7 Å². The van der Waals surface area contributed by atoms with Crippen molar-refractivity contribution >= 4 is 5.97 Å². The lowest BCUT2D eigenvalue weighted by atomic mass is 10.0. The Bertz CT molecular complexity index is 1040. The normalized spacial score (nSPS) is 10.7. The molecule has 3 aromatic rings. The number of aromatic hydroxyl groups is 3. The highest BCUT2D eigenvalue weighted by atomic mass is 16.5. The molecule has 0 fully saturated rings. The minimum atomic E-state index is -0.771. The summed E-state index contributed by atoms with van der Waals surface area (Å²) >= 11 is 0. The Labute approximate surface area is 194 Å². The van der Waals surface area contributed by atoms with Gasteiger partial charge in [-0.1, -0.05) is 69.4 Å². The quantitative estimate of drug-likeness (QED) is 0.135. The number of esters is 1. The lowest BCUT2D eigenvalue weighted by molar-refractivity contribution is 0.0734. The van der Waals surface area contributed by atoms with Crippen LogP contribution in [0.4, 0.5) is 0 Å². The van der Waals surface area contributed by atoms with Crippen LogP contribution in [0.5, 0.6) is 28.7 Å². The molecule has 3 N–H and O–H groups in total. The summed E-state index contributed by atoms with van der Waals surface area (Å²) in [6, 6.07) is 16.7. The third-order valence-electron chi connectivity index (χ3n) is 5.33. The molecule has 0 bridgehead atoms. The first-order valence-corrected chi connectivity index (χ1v) is 11.3. The van der Waals surface area contributed by atoms with Crippen molar-refractivity contribution in [2.24, 2.45) is 0 Å². The van der Waals surface area contributed by atoms with Gasteiger partial charge >= 0.3 is 5.97 Å². The largest absolute Gasteiger partial charge is 0.504 e. The zero-order valence-electron chi connectivity index (χ0n) is 18.8. The van der Waals surface area contributed by atoms with Crippen LogP contribution in [-0.2, 0) is 0 Å². The summed E-state index contributed by atoms with van der Waals surface area (Å²) in [7, 11) is 0. The number of hydrogen-bond donors (Lipinski definition) is 3. The molecule has 6 nitrogen and oxygen atoms in total. The number of unbranched alkanes of at least 4 members (excludes halogenated alkanes) is 5. The Morgan fingerprint density at radius 3 is 2.15 bits per heavy atom. The number of ether oxygens (including phenoxy) is 2. The first kappa shape index (κ1) is 24.0. The van der Waals surface area contributed by atoms with Crippen molar-refractivity contribution in [3.05, 3.63) is 66.2 Å². The van der Waals surface area contributed by atoms with Gasteiger partial charge in [0.05, 0.1) is 12.2 Å². The topological polar surface area (TPSA) is 96.2 Å². The van der Waals surface area contributed by atoms with Gasteiger partial charge in [-0.3, -0.25) is 0 Å². The van der Waals surface area contributed by atoms with Crippen LogP contribution in [-0.4, -0.2) is 27.9 Å². The van der Waals surface area contributed by atoms with Crippen molar-refractivity contribution in [2.45, 2.75) is 45.4 Å². The molecule has 0 aromatic heterocycles. The molecule has 0 aliphatic carbocycles. The summed E-state index contributed by atoms with van der Waals surface area (Å²) in [4.78, 5) is 12.6. The molecular formula is C27H30O6. The molecule has 6 heteroatoms. The molecule has 0 radical (unpaired) electrons. The fraction of sp³-hybridized carbons (Fsp3) is 0.296. The molecular weight excluding hydrogens is 420 g/mol. The van der Waals surface area contributed by atoms with Crippen molar-refractivity contribution in [1.29, 1.82) is 0 Å². The third-order valence-corrected chi connectivity index (χ3v) is 5.33. The van der Waals surface area contributed by atoms with Crippen molar-refractivity contribution in [3.63, 3.8) is 0 Å². The van der Waals surface area contributed by atoms with E-state index in [0.717, 1.165) is 29.9 Å². The van der Waals surface area contributed by atoms with Gasteiger partial charge in [0.1, 0.15) is 11.5 Å². The maximum Gasteiger partial charge on any atom is 0.343 e. The smallest absolute Gasteiger partial charge is 0.343 e. The van der Waals surface area contributed by atoms with E-state index < -0.39 is 23.2 Å². The van der Waals surface area contributed by atoms with Gasteiger partial charge in [-0.05, 0) is 42.3 Å². The molecule has 3 rings (SSSR count). The number of benzene rings is 3. The summed E-state index contributed by atoms with van der Waals surface area (Å²) in [5.74, 6) is -1.55. The number of phenolic OH excluding ortho intramolecular Hbond substituents is 3. The molecule has 0 amide bonds. The highest BCUT2D eigenvalue weighted by Gasteiger charge is 2.17. The van der Waals surface area contributed by atoms with Crippen LogP contribution < -0.4 is 9.47 Å².